The number of aromatic nitrogens is 5. The van der Waals surface area contributed by atoms with Crippen molar-refractivity contribution in [3.8, 4) is 5.75 Å². The Kier molecular flexibility index (Phi) is 7.28. The summed E-state index contributed by atoms with van der Waals surface area (Å²) in [5.41, 5.74) is 1.05. The highest BCUT2D eigenvalue weighted by atomic mass is 16.5. The van der Waals surface area contributed by atoms with Crippen LogP contribution in [0.3, 0.4) is 0 Å². The number of fused-ring (bicyclic) bond motifs is 1. The molecular formula is C25H32N6O5. The number of carbonyl (C=O) groups is 1. The van der Waals surface area contributed by atoms with Crippen molar-refractivity contribution in [1.82, 2.24) is 30.1 Å². The molecule has 2 fully saturated rings. The van der Waals surface area contributed by atoms with Gasteiger partial charge >= 0.3 is 5.97 Å². The summed E-state index contributed by atoms with van der Waals surface area (Å²) in [6.45, 7) is 4.68. The topological polar surface area (TPSA) is 124 Å². The first kappa shape index (κ1) is 24.4. The van der Waals surface area contributed by atoms with Gasteiger partial charge in [-0.1, -0.05) is 0 Å². The number of rotatable bonds is 8. The predicted molar refractivity (Wildman–Crippen MR) is 131 cm³/mol. The van der Waals surface area contributed by atoms with Crippen LogP contribution in [0, 0.1) is 5.92 Å². The van der Waals surface area contributed by atoms with E-state index in [0.717, 1.165) is 24.8 Å². The van der Waals surface area contributed by atoms with Gasteiger partial charge in [0.15, 0.2) is 5.82 Å². The van der Waals surface area contributed by atoms with E-state index in [-0.39, 0.29) is 23.6 Å². The highest BCUT2D eigenvalue weighted by Crippen LogP contribution is 2.32. The van der Waals surface area contributed by atoms with Crippen molar-refractivity contribution in [2.24, 2.45) is 5.92 Å². The maximum atomic E-state index is 13.4. The average Bonchev–Trinajstić information content (AvgIpc) is 3.57. The molecule has 0 saturated carbocycles. The SMILES string of the molecule is CCOC(=O)C1CCN(C(c2cc3ccc(OC)cc3[nH]c2=O)c2nnnn2CC2CCCO2)CC1. The van der Waals surface area contributed by atoms with E-state index >= 15 is 0 Å². The number of tetrazole rings is 1. The molecule has 11 heteroatoms. The third-order valence-corrected chi connectivity index (χ3v) is 7.10. The van der Waals surface area contributed by atoms with Crippen molar-refractivity contribution in [3.05, 3.63) is 46.0 Å². The smallest absolute Gasteiger partial charge is 0.309 e. The minimum absolute atomic E-state index is 0.0461. The van der Waals surface area contributed by atoms with Crippen molar-refractivity contribution in [2.75, 3.05) is 33.4 Å². The molecular weight excluding hydrogens is 464 g/mol. The van der Waals surface area contributed by atoms with E-state index in [1.807, 2.05) is 31.2 Å². The van der Waals surface area contributed by atoms with E-state index in [1.54, 1.807) is 11.8 Å². The maximum absolute atomic E-state index is 13.4. The lowest BCUT2D eigenvalue weighted by molar-refractivity contribution is -0.149. The molecule has 0 radical (unpaired) electrons. The predicted octanol–water partition coefficient (Wildman–Crippen LogP) is 2.07. The fraction of sp³-hybridized carbons (Fsp3) is 0.560. The van der Waals surface area contributed by atoms with Crippen LogP contribution in [-0.2, 0) is 20.8 Å². The van der Waals surface area contributed by atoms with E-state index in [2.05, 4.69) is 25.4 Å². The molecule has 2 atom stereocenters. The summed E-state index contributed by atoms with van der Waals surface area (Å²) in [6.07, 6.45) is 3.30. The number of nitrogens with one attached hydrogen (secondary N) is 1. The molecule has 1 aromatic carbocycles. The summed E-state index contributed by atoms with van der Waals surface area (Å²) in [5.74, 6) is 0.962. The van der Waals surface area contributed by atoms with Crippen LogP contribution in [0.5, 0.6) is 5.75 Å². The molecule has 36 heavy (non-hydrogen) atoms. The van der Waals surface area contributed by atoms with Crippen LogP contribution in [-0.4, -0.2) is 75.6 Å². The molecule has 0 aliphatic carbocycles. The summed E-state index contributed by atoms with van der Waals surface area (Å²) >= 11 is 0. The molecule has 3 aromatic rings. The number of pyridine rings is 1. The highest BCUT2D eigenvalue weighted by molar-refractivity contribution is 5.80. The lowest BCUT2D eigenvalue weighted by Gasteiger charge is -2.36. The number of carbonyl (C=O) groups excluding carboxylic acids is 1. The second-order valence-corrected chi connectivity index (χ2v) is 9.33. The molecule has 2 aliphatic rings. The molecule has 2 saturated heterocycles. The number of hydrogen-bond acceptors (Lipinski definition) is 9. The zero-order valence-electron chi connectivity index (χ0n) is 20.7. The van der Waals surface area contributed by atoms with Crippen LogP contribution in [0.15, 0.2) is 29.1 Å². The number of aromatic amines is 1. The number of H-pyrrole nitrogens is 1. The molecule has 2 unspecified atom stereocenters. The van der Waals surface area contributed by atoms with Gasteiger partial charge in [0.1, 0.15) is 11.8 Å². The van der Waals surface area contributed by atoms with E-state index in [4.69, 9.17) is 14.2 Å². The number of likely N-dealkylation sites (tertiary alicyclic amines) is 1. The summed E-state index contributed by atoms with van der Waals surface area (Å²) in [6, 6.07) is 7.03. The number of benzene rings is 1. The molecule has 0 amide bonds. The van der Waals surface area contributed by atoms with Crippen molar-refractivity contribution >= 4 is 16.9 Å². The first-order chi connectivity index (χ1) is 17.6. The maximum Gasteiger partial charge on any atom is 0.309 e. The zero-order valence-corrected chi connectivity index (χ0v) is 20.7. The second-order valence-electron chi connectivity index (χ2n) is 9.33. The lowest BCUT2D eigenvalue weighted by atomic mass is 9.94. The van der Waals surface area contributed by atoms with E-state index < -0.39 is 6.04 Å². The Morgan fingerprint density at radius 3 is 2.81 bits per heavy atom. The third-order valence-electron chi connectivity index (χ3n) is 7.10. The van der Waals surface area contributed by atoms with Gasteiger partial charge in [-0.3, -0.25) is 14.5 Å². The molecule has 0 bridgehead atoms. The van der Waals surface area contributed by atoms with Crippen molar-refractivity contribution < 1.29 is 19.0 Å². The summed E-state index contributed by atoms with van der Waals surface area (Å²) in [7, 11) is 1.59. The van der Waals surface area contributed by atoms with Crippen LogP contribution in [0.4, 0.5) is 0 Å². The monoisotopic (exact) mass is 496 g/mol. The van der Waals surface area contributed by atoms with E-state index in [1.165, 1.54) is 0 Å². The van der Waals surface area contributed by atoms with Gasteiger partial charge in [-0.25, -0.2) is 4.68 Å². The van der Waals surface area contributed by atoms with Gasteiger partial charge in [0.25, 0.3) is 5.56 Å². The van der Waals surface area contributed by atoms with Gasteiger partial charge < -0.3 is 19.2 Å². The minimum atomic E-state index is -0.472. The number of nitrogens with zero attached hydrogens (tertiary/aromatic N) is 5. The second kappa shape index (κ2) is 10.8. The summed E-state index contributed by atoms with van der Waals surface area (Å²) in [4.78, 5) is 30.9. The Morgan fingerprint density at radius 2 is 2.08 bits per heavy atom. The van der Waals surface area contributed by atoms with Crippen LogP contribution in [0.2, 0.25) is 0 Å². The van der Waals surface area contributed by atoms with Gasteiger partial charge in [0, 0.05) is 31.3 Å². The minimum Gasteiger partial charge on any atom is -0.497 e. The average molecular weight is 497 g/mol. The first-order valence-corrected chi connectivity index (χ1v) is 12.6. The van der Waals surface area contributed by atoms with Crippen LogP contribution >= 0.6 is 0 Å². The Balaban J connectivity index is 1.51. The van der Waals surface area contributed by atoms with Crippen LogP contribution in [0.25, 0.3) is 10.9 Å². The standard InChI is InChI=1S/C25H32N6O5/c1-3-35-25(33)16-8-10-30(11-9-16)22(23-27-28-29-31(23)15-19-5-4-12-36-19)20-13-17-6-7-18(34-2)14-21(17)26-24(20)32/h6-7,13-14,16,19,22H,3-5,8-12,15H2,1-2H3,(H,26,32). The molecule has 2 aromatic heterocycles. The number of methoxy groups -OCH3 is 1. The van der Waals surface area contributed by atoms with Crippen LogP contribution < -0.4 is 10.3 Å². The molecule has 1 N–H and O–H groups in total. The number of hydrogen-bond donors (Lipinski definition) is 1. The van der Waals surface area contributed by atoms with Gasteiger partial charge in [0.2, 0.25) is 0 Å². The van der Waals surface area contributed by atoms with E-state index in [0.29, 0.717) is 61.7 Å². The van der Waals surface area contributed by atoms with E-state index in [9.17, 15) is 9.59 Å². The first-order valence-electron chi connectivity index (χ1n) is 12.6. The fourth-order valence-electron chi connectivity index (χ4n) is 5.20. The summed E-state index contributed by atoms with van der Waals surface area (Å²) in [5, 5.41) is 13.5. The Hall–Kier alpha value is -3.31. The molecule has 11 nitrogen and oxygen atoms in total. The molecule has 4 heterocycles. The normalized spacial score (nSPS) is 20.0. The van der Waals surface area contributed by atoms with Gasteiger partial charge in [-0.05, 0) is 66.6 Å². The third kappa shape index (κ3) is 4.98. The van der Waals surface area contributed by atoms with Gasteiger partial charge in [0.05, 0.1) is 37.8 Å². The molecule has 2 aliphatic heterocycles. The largest absolute Gasteiger partial charge is 0.497 e. The Labute approximate surface area is 208 Å². The highest BCUT2D eigenvalue weighted by Gasteiger charge is 2.35. The summed E-state index contributed by atoms with van der Waals surface area (Å²) < 4.78 is 18.1. The Bertz CT molecular complexity index is 1260. The van der Waals surface area contributed by atoms with Gasteiger partial charge in [-0.2, -0.15) is 0 Å². The quantitative estimate of drug-likeness (QED) is 0.467. The number of ether oxygens (including phenoxy) is 3. The fourth-order valence-corrected chi connectivity index (χ4v) is 5.20. The lowest BCUT2D eigenvalue weighted by Crippen LogP contribution is -2.42. The molecule has 192 valence electrons. The van der Waals surface area contributed by atoms with Crippen LogP contribution in [0.1, 0.15) is 50.0 Å². The molecule has 0 spiro atoms. The van der Waals surface area contributed by atoms with Crippen molar-refractivity contribution in [3.63, 3.8) is 0 Å². The zero-order chi connectivity index (χ0) is 25.1. The van der Waals surface area contributed by atoms with Gasteiger partial charge in [-0.15, -0.1) is 5.10 Å². The molecule has 5 rings (SSSR count). The Morgan fingerprint density at radius 1 is 1.25 bits per heavy atom. The van der Waals surface area contributed by atoms with Crippen molar-refractivity contribution in [1.29, 1.82) is 0 Å². The van der Waals surface area contributed by atoms with Crippen molar-refractivity contribution in [2.45, 2.75) is 51.3 Å². The number of esters is 1. The number of piperidine rings is 1.